The lowest BCUT2D eigenvalue weighted by molar-refractivity contribution is -0.118. The molecule has 9 nitrogen and oxygen atoms in total. The number of amides is 1. The minimum atomic E-state index is -0.463. The maximum Gasteiger partial charge on any atom is 0.266 e. The zero-order valence-electron chi connectivity index (χ0n) is 21.7. The molecule has 3 heterocycles. The third-order valence-electron chi connectivity index (χ3n) is 6.61. The van der Waals surface area contributed by atoms with Gasteiger partial charge in [0.25, 0.3) is 5.91 Å². The Bertz CT molecular complexity index is 1080. The van der Waals surface area contributed by atoms with Gasteiger partial charge >= 0.3 is 0 Å². The van der Waals surface area contributed by atoms with E-state index in [1.54, 1.807) is 25.4 Å². The van der Waals surface area contributed by atoms with E-state index in [4.69, 9.17) is 31.3 Å². The molecule has 37 heavy (non-hydrogen) atoms. The van der Waals surface area contributed by atoms with E-state index >= 15 is 0 Å². The number of nitrogens with zero attached hydrogens (tertiary/aromatic N) is 2. The number of ketones is 1. The molecule has 1 aromatic carbocycles. The molecule has 202 valence electrons. The van der Waals surface area contributed by atoms with Crippen molar-refractivity contribution in [2.75, 3.05) is 20.2 Å². The van der Waals surface area contributed by atoms with Gasteiger partial charge < -0.3 is 25.0 Å². The van der Waals surface area contributed by atoms with Crippen molar-refractivity contribution in [2.24, 2.45) is 10.9 Å². The number of nitrogens with two attached hydrogens (primary N) is 1. The predicted molar refractivity (Wildman–Crippen MR) is 143 cm³/mol. The minimum absolute atomic E-state index is 0.240. The summed E-state index contributed by atoms with van der Waals surface area (Å²) in [7, 11) is 1.61. The van der Waals surface area contributed by atoms with Gasteiger partial charge in [0.05, 0.1) is 18.9 Å². The number of piperidine rings is 1. The molecule has 0 saturated carbocycles. The first-order valence-electron chi connectivity index (χ1n) is 12.9. The molecule has 0 aliphatic carbocycles. The Hall–Kier alpha value is -2.91. The van der Waals surface area contributed by atoms with Crippen LogP contribution in [0, 0.1) is 0 Å². The summed E-state index contributed by atoms with van der Waals surface area (Å²) in [5, 5.41) is 7.58. The Balaban J connectivity index is 0.000000244. The smallest absolute Gasteiger partial charge is 0.266 e. The number of rotatable bonds is 11. The lowest BCUT2D eigenvalue weighted by Gasteiger charge is -2.30. The van der Waals surface area contributed by atoms with Crippen LogP contribution in [0.3, 0.4) is 0 Å². The van der Waals surface area contributed by atoms with E-state index in [9.17, 15) is 9.59 Å². The van der Waals surface area contributed by atoms with Gasteiger partial charge in [0.15, 0.2) is 11.7 Å². The Morgan fingerprint density at radius 2 is 1.95 bits per heavy atom. The molecule has 4 rings (SSSR count). The van der Waals surface area contributed by atoms with Gasteiger partial charge in [0.2, 0.25) is 0 Å². The quantitative estimate of drug-likeness (QED) is 0.396. The highest BCUT2D eigenvalue weighted by Gasteiger charge is 2.41. The third kappa shape index (κ3) is 8.57. The van der Waals surface area contributed by atoms with E-state index in [2.05, 4.69) is 15.5 Å². The highest BCUT2D eigenvalue weighted by Crippen LogP contribution is 2.33. The Morgan fingerprint density at radius 3 is 2.62 bits per heavy atom. The van der Waals surface area contributed by atoms with E-state index in [1.165, 1.54) is 0 Å². The predicted octanol–water partition coefficient (Wildman–Crippen LogP) is 4.85. The van der Waals surface area contributed by atoms with Crippen LogP contribution in [0.4, 0.5) is 0 Å². The van der Waals surface area contributed by atoms with Crippen molar-refractivity contribution < 1.29 is 23.6 Å². The fourth-order valence-electron chi connectivity index (χ4n) is 4.35. The second-order valence-corrected chi connectivity index (χ2v) is 9.81. The van der Waals surface area contributed by atoms with Crippen LogP contribution in [-0.2, 0) is 20.8 Å². The van der Waals surface area contributed by atoms with Crippen molar-refractivity contribution in [1.29, 1.82) is 0 Å². The van der Waals surface area contributed by atoms with Crippen LogP contribution in [-0.4, -0.2) is 48.2 Å². The van der Waals surface area contributed by atoms with Gasteiger partial charge in [-0.1, -0.05) is 36.5 Å². The minimum Gasteiger partial charge on any atom is -0.496 e. The number of oxazole rings is 1. The number of Topliss-reactive ketones (excluding diaryl/α,β-unsaturated/α-hetero) is 1. The SMILES string of the molecule is CCC(=O)CCCCCCc1ncc(-c2ccc(Cl)cc2OC)o1.NC(=O)C1=NOC2(CCNCC2)C1. The number of benzene rings is 1. The summed E-state index contributed by atoms with van der Waals surface area (Å²) < 4.78 is 11.2. The van der Waals surface area contributed by atoms with E-state index in [0.29, 0.717) is 47.3 Å². The van der Waals surface area contributed by atoms with Gasteiger partial charge in [-0.25, -0.2) is 4.98 Å². The van der Waals surface area contributed by atoms with Crippen LogP contribution in [0.5, 0.6) is 5.75 Å². The highest BCUT2D eigenvalue weighted by molar-refractivity contribution is 6.38. The average molecular weight is 533 g/mol. The molecule has 2 aliphatic rings. The topological polar surface area (TPSA) is 129 Å². The van der Waals surface area contributed by atoms with Crippen molar-refractivity contribution >= 4 is 29.0 Å². The molecule has 0 radical (unpaired) electrons. The zero-order valence-corrected chi connectivity index (χ0v) is 22.4. The summed E-state index contributed by atoms with van der Waals surface area (Å²) in [6.07, 6.45) is 10.4. The average Bonchev–Trinajstić information content (AvgIpc) is 3.54. The highest BCUT2D eigenvalue weighted by atomic mass is 35.5. The van der Waals surface area contributed by atoms with E-state index in [1.807, 2.05) is 13.0 Å². The maximum absolute atomic E-state index is 11.2. The number of primary amides is 1. The third-order valence-corrected chi connectivity index (χ3v) is 6.85. The first-order chi connectivity index (χ1) is 17.9. The van der Waals surface area contributed by atoms with Crippen molar-refractivity contribution in [1.82, 2.24) is 10.3 Å². The molecule has 1 amide bonds. The van der Waals surface area contributed by atoms with Crippen molar-refractivity contribution in [3.05, 3.63) is 35.3 Å². The molecule has 3 N–H and O–H groups in total. The Kier molecular flexibility index (Phi) is 11.0. The first kappa shape index (κ1) is 28.7. The summed E-state index contributed by atoms with van der Waals surface area (Å²) in [4.78, 5) is 31.7. The molecule has 2 aromatic rings. The van der Waals surface area contributed by atoms with Crippen LogP contribution in [0.1, 0.15) is 70.6 Å². The Labute approximate surface area is 223 Å². The fourth-order valence-corrected chi connectivity index (χ4v) is 4.51. The number of unbranched alkanes of at least 4 members (excludes halogenated alkanes) is 3. The van der Waals surface area contributed by atoms with E-state index in [0.717, 1.165) is 69.5 Å². The standard InChI is InChI=1S/C19H24ClNO3.C8H13N3O2/c1-3-15(22)8-6-4-5-7-9-19-21-13-18(24-19)16-11-10-14(20)12-17(16)23-2;9-7(12)6-5-8(13-11-6)1-3-10-4-2-8/h10-13H,3-9H2,1-2H3;10H,1-5H2,(H2,9,12). The summed E-state index contributed by atoms with van der Waals surface area (Å²) in [6.45, 7) is 3.75. The maximum atomic E-state index is 11.2. The van der Waals surface area contributed by atoms with Gasteiger partial charge in [-0.05, 0) is 44.1 Å². The molecule has 0 unspecified atom stereocenters. The zero-order chi connectivity index (χ0) is 26.7. The van der Waals surface area contributed by atoms with Crippen molar-refractivity contribution in [3.8, 4) is 17.1 Å². The van der Waals surface area contributed by atoms with Gasteiger partial charge in [-0.15, -0.1) is 0 Å². The molecule has 1 fully saturated rings. The Morgan fingerprint density at radius 1 is 1.19 bits per heavy atom. The van der Waals surface area contributed by atoms with Crippen molar-refractivity contribution in [2.45, 2.75) is 76.7 Å². The van der Waals surface area contributed by atoms with Gasteiger partial charge in [0, 0.05) is 43.5 Å². The molecular formula is C27H37ClN4O5. The number of aryl methyl sites for hydroxylation is 1. The number of ether oxygens (including phenoxy) is 1. The number of hydrogen-bond donors (Lipinski definition) is 2. The number of nitrogens with one attached hydrogen (secondary N) is 1. The van der Waals surface area contributed by atoms with Crippen LogP contribution >= 0.6 is 11.6 Å². The number of hydrogen-bond acceptors (Lipinski definition) is 8. The number of halogens is 1. The first-order valence-corrected chi connectivity index (χ1v) is 13.3. The van der Waals surface area contributed by atoms with Gasteiger partial charge in [0.1, 0.15) is 22.8 Å². The molecule has 1 spiro atoms. The lowest BCUT2D eigenvalue weighted by Crippen LogP contribution is -2.42. The molecule has 2 aliphatic heterocycles. The summed E-state index contributed by atoms with van der Waals surface area (Å²) >= 11 is 5.98. The van der Waals surface area contributed by atoms with Crippen LogP contribution in [0.2, 0.25) is 5.02 Å². The molecule has 1 saturated heterocycles. The molecule has 10 heteroatoms. The summed E-state index contributed by atoms with van der Waals surface area (Å²) in [5.74, 6) is 1.98. The van der Waals surface area contributed by atoms with Crippen LogP contribution in [0.15, 0.2) is 34.0 Å². The van der Waals surface area contributed by atoms with Crippen LogP contribution < -0.4 is 15.8 Å². The van der Waals surface area contributed by atoms with E-state index in [-0.39, 0.29) is 5.60 Å². The number of carbonyl (C=O) groups is 2. The largest absolute Gasteiger partial charge is 0.496 e. The normalized spacial score (nSPS) is 15.9. The molecule has 0 bridgehead atoms. The van der Waals surface area contributed by atoms with Crippen LogP contribution in [0.25, 0.3) is 11.3 Å². The fraction of sp³-hybridized carbons (Fsp3) is 0.556. The number of methoxy groups -OCH3 is 1. The number of carbonyl (C=O) groups excluding carboxylic acids is 2. The lowest BCUT2D eigenvalue weighted by atomic mass is 9.88. The summed E-state index contributed by atoms with van der Waals surface area (Å²) in [5.41, 5.74) is 6.10. The summed E-state index contributed by atoms with van der Waals surface area (Å²) in [6, 6.07) is 5.44. The molecule has 1 aromatic heterocycles. The molecular weight excluding hydrogens is 496 g/mol. The second kappa shape index (κ2) is 14.1. The second-order valence-electron chi connectivity index (χ2n) is 9.37. The number of aromatic nitrogens is 1. The van der Waals surface area contributed by atoms with Gasteiger partial charge in [-0.3, -0.25) is 9.59 Å². The van der Waals surface area contributed by atoms with E-state index < -0.39 is 5.91 Å². The van der Waals surface area contributed by atoms with Gasteiger partial charge in [-0.2, -0.15) is 0 Å². The van der Waals surface area contributed by atoms with Crippen molar-refractivity contribution in [3.63, 3.8) is 0 Å². The number of oxime groups is 1. The molecule has 0 atom stereocenters. The monoisotopic (exact) mass is 532 g/mol.